The number of epoxide rings is 1. The molecule has 6 atom stereocenters. The maximum Gasteiger partial charge on any atom is 0.366 e. The van der Waals surface area contributed by atoms with Gasteiger partial charge in [0.25, 0.3) is 5.79 Å². The molecule has 27 heavy (non-hydrogen) atoms. The van der Waals surface area contributed by atoms with E-state index < -0.39 is 47.5 Å². The standard InChI is InChI=1S/C17H27NO9/c1-9(19)18-13-12(11(20)10-6-24-15(2,3)26-10)27-17(23-5,14(21)22-4)7-16(13)8-25-16/h10-13,20H,6-8H2,1-5H3,(H,18,19)/t10-,11-,12+,13+,16+,17+/m1/s1. The highest BCUT2D eigenvalue weighted by molar-refractivity contribution is 5.79. The average Bonchev–Trinajstić information content (AvgIpc) is 3.28. The van der Waals surface area contributed by atoms with Crippen molar-refractivity contribution < 1.29 is 43.1 Å². The lowest BCUT2D eigenvalue weighted by Crippen LogP contribution is -2.69. The van der Waals surface area contributed by atoms with Gasteiger partial charge in [-0.15, -0.1) is 0 Å². The van der Waals surface area contributed by atoms with E-state index in [-0.39, 0.29) is 25.5 Å². The molecule has 3 aliphatic rings. The fourth-order valence-corrected chi connectivity index (χ4v) is 3.78. The van der Waals surface area contributed by atoms with E-state index in [2.05, 4.69) is 5.32 Å². The van der Waals surface area contributed by atoms with Crippen LogP contribution in [0.25, 0.3) is 0 Å². The first-order valence-corrected chi connectivity index (χ1v) is 8.80. The molecule has 0 aromatic carbocycles. The summed E-state index contributed by atoms with van der Waals surface area (Å²) in [4.78, 5) is 24.2. The number of nitrogens with one attached hydrogen (secondary N) is 1. The molecular weight excluding hydrogens is 362 g/mol. The molecule has 0 aliphatic carbocycles. The summed E-state index contributed by atoms with van der Waals surface area (Å²) in [5.74, 6) is -3.69. The molecule has 0 aromatic rings. The van der Waals surface area contributed by atoms with Gasteiger partial charge in [-0.25, -0.2) is 4.79 Å². The SMILES string of the molecule is COC(=O)[C@]1(OC)C[C@]2(CO2)[C@@H](NC(C)=O)[C@H]([C@H](O)[C@H]2COC(C)(C)O2)O1. The molecule has 10 nitrogen and oxygen atoms in total. The molecule has 10 heteroatoms. The van der Waals surface area contributed by atoms with E-state index in [0.717, 1.165) is 0 Å². The lowest BCUT2D eigenvalue weighted by atomic mass is 9.82. The first-order valence-electron chi connectivity index (χ1n) is 8.80. The van der Waals surface area contributed by atoms with E-state index in [9.17, 15) is 14.7 Å². The van der Waals surface area contributed by atoms with Crippen LogP contribution >= 0.6 is 0 Å². The molecule has 3 aliphatic heterocycles. The number of esters is 1. The van der Waals surface area contributed by atoms with E-state index in [4.69, 9.17) is 28.4 Å². The van der Waals surface area contributed by atoms with Crippen LogP contribution in [0.15, 0.2) is 0 Å². The minimum atomic E-state index is -1.76. The van der Waals surface area contributed by atoms with Crippen molar-refractivity contribution >= 4 is 11.9 Å². The van der Waals surface area contributed by atoms with E-state index in [0.29, 0.717) is 0 Å². The summed E-state index contributed by atoms with van der Waals surface area (Å²) in [5.41, 5.74) is -0.908. The molecule has 3 saturated heterocycles. The molecule has 3 fully saturated rings. The van der Waals surface area contributed by atoms with E-state index in [1.807, 2.05) is 0 Å². The number of aliphatic hydroxyl groups excluding tert-OH is 1. The Morgan fingerprint density at radius 3 is 2.33 bits per heavy atom. The average molecular weight is 389 g/mol. The smallest absolute Gasteiger partial charge is 0.366 e. The number of hydrogen-bond donors (Lipinski definition) is 2. The monoisotopic (exact) mass is 389 g/mol. The fourth-order valence-electron chi connectivity index (χ4n) is 3.78. The van der Waals surface area contributed by atoms with Gasteiger partial charge in [0.1, 0.15) is 23.9 Å². The van der Waals surface area contributed by atoms with Crippen LogP contribution in [0, 0.1) is 0 Å². The van der Waals surface area contributed by atoms with Crippen molar-refractivity contribution in [1.29, 1.82) is 0 Å². The predicted molar refractivity (Wildman–Crippen MR) is 88.4 cm³/mol. The van der Waals surface area contributed by atoms with Crippen molar-refractivity contribution in [1.82, 2.24) is 5.32 Å². The van der Waals surface area contributed by atoms with Crippen LogP contribution in [0.3, 0.4) is 0 Å². The molecule has 3 heterocycles. The third kappa shape index (κ3) is 3.69. The van der Waals surface area contributed by atoms with Crippen molar-refractivity contribution in [2.75, 3.05) is 27.4 Å². The van der Waals surface area contributed by atoms with Crippen LogP contribution in [-0.2, 0) is 38.0 Å². The summed E-state index contributed by atoms with van der Waals surface area (Å²) in [7, 11) is 2.53. The van der Waals surface area contributed by atoms with Gasteiger partial charge in [-0.1, -0.05) is 0 Å². The topological polar surface area (TPSA) is 125 Å². The number of methoxy groups -OCH3 is 2. The van der Waals surface area contributed by atoms with Crippen molar-refractivity contribution in [2.24, 2.45) is 0 Å². The predicted octanol–water partition coefficient (Wildman–Crippen LogP) is -0.923. The third-order valence-corrected chi connectivity index (χ3v) is 5.20. The highest BCUT2D eigenvalue weighted by Crippen LogP contribution is 2.48. The highest BCUT2D eigenvalue weighted by Gasteiger charge is 2.68. The molecule has 0 saturated carbocycles. The van der Waals surface area contributed by atoms with Gasteiger partial charge in [0.2, 0.25) is 5.91 Å². The van der Waals surface area contributed by atoms with E-state index in [1.54, 1.807) is 13.8 Å². The van der Waals surface area contributed by atoms with Gasteiger partial charge in [0.15, 0.2) is 5.79 Å². The lowest BCUT2D eigenvalue weighted by molar-refractivity contribution is -0.301. The Hall–Kier alpha value is -1.30. The Kier molecular flexibility index (Phi) is 5.26. The Labute approximate surface area is 157 Å². The van der Waals surface area contributed by atoms with Crippen molar-refractivity contribution in [3.05, 3.63) is 0 Å². The first-order chi connectivity index (χ1) is 12.6. The van der Waals surface area contributed by atoms with Crippen molar-refractivity contribution in [2.45, 2.75) is 68.7 Å². The lowest BCUT2D eigenvalue weighted by Gasteiger charge is -2.47. The number of carbonyl (C=O) groups excluding carboxylic acids is 2. The van der Waals surface area contributed by atoms with Gasteiger partial charge in [-0.3, -0.25) is 4.79 Å². The second-order valence-electron chi connectivity index (χ2n) is 7.60. The molecule has 0 bridgehead atoms. The Morgan fingerprint density at radius 2 is 1.89 bits per heavy atom. The molecule has 3 rings (SSSR count). The van der Waals surface area contributed by atoms with Crippen molar-refractivity contribution in [3.8, 4) is 0 Å². The van der Waals surface area contributed by atoms with Gasteiger partial charge >= 0.3 is 5.97 Å². The number of aliphatic hydroxyl groups is 1. The second kappa shape index (κ2) is 6.94. The molecule has 1 spiro atoms. The number of carbonyl (C=O) groups is 2. The summed E-state index contributed by atoms with van der Waals surface area (Å²) in [6.45, 7) is 5.22. The summed E-state index contributed by atoms with van der Waals surface area (Å²) in [6, 6.07) is -0.703. The van der Waals surface area contributed by atoms with Crippen LogP contribution in [0.4, 0.5) is 0 Å². The van der Waals surface area contributed by atoms with Crippen LogP contribution in [0.1, 0.15) is 27.2 Å². The minimum Gasteiger partial charge on any atom is -0.465 e. The van der Waals surface area contributed by atoms with E-state index in [1.165, 1.54) is 21.1 Å². The largest absolute Gasteiger partial charge is 0.465 e. The van der Waals surface area contributed by atoms with Gasteiger partial charge in [0, 0.05) is 20.5 Å². The molecular formula is C17H27NO9. The maximum absolute atomic E-state index is 12.4. The zero-order valence-corrected chi connectivity index (χ0v) is 16.1. The van der Waals surface area contributed by atoms with Crippen molar-refractivity contribution in [3.63, 3.8) is 0 Å². The maximum atomic E-state index is 12.4. The molecule has 0 unspecified atom stereocenters. The summed E-state index contributed by atoms with van der Waals surface area (Å²) in [6.07, 6.45) is -2.97. The second-order valence-corrected chi connectivity index (χ2v) is 7.60. The Bertz CT molecular complexity index is 605. The summed E-state index contributed by atoms with van der Waals surface area (Å²) < 4.78 is 33.0. The van der Waals surface area contributed by atoms with Gasteiger partial charge in [0.05, 0.1) is 26.4 Å². The molecule has 0 aromatic heterocycles. The van der Waals surface area contributed by atoms with Crippen LogP contribution in [-0.4, -0.2) is 85.9 Å². The third-order valence-electron chi connectivity index (χ3n) is 5.20. The van der Waals surface area contributed by atoms with Gasteiger partial charge in [-0.05, 0) is 13.8 Å². The number of ether oxygens (including phenoxy) is 6. The molecule has 2 N–H and O–H groups in total. The number of hydrogen-bond acceptors (Lipinski definition) is 9. The van der Waals surface area contributed by atoms with Gasteiger partial charge < -0.3 is 38.8 Å². The van der Waals surface area contributed by atoms with Gasteiger partial charge in [-0.2, -0.15) is 0 Å². The molecule has 0 radical (unpaired) electrons. The Balaban J connectivity index is 1.92. The van der Waals surface area contributed by atoms with Crippen LogP contribution in [0.2, 0.25) is 0 Å². The van der Waals surface area contributed by atoms with Crippen LogP contribution in [0.5, 0.6) is 0 Å². The van der Waals surface area contributed by atoms with E-state index >= 15 is 0 Å². The Morgan fingerprint density at radius 1 is 1.22 bits per heavy atom. The highest BCUT2D eigenvalue weighted by atomic mass is 16.8. The number of rotatable bonds is 5. The normalized spacial score (nSPS) is 41.2. The fraction of sp³-hybridized carbons (Fsp3) is 0.882. The zero-order chi connectivity index (χ0) is 20.0. The minimum absolute atomic E-state index is 0.0187. The van der Waals surface area contributed by atoms with Crippen LogP contribution < -0.4 is 5.32 Å². The zero-order valence-electron chi connectivity index (χ0n) is 16.1. The number of amides is 1. The summed E-state index contributed by atoms with van der Waals surface area (Å²) in [5, 5.41) is 13.8. The summed E-state index contributed by atoms with van der Waals surface area (Å²) >= 11 is 0. The first kappa shape index (κ1) is 20.4. The molecule has 154 valence electrons. The quantitative estimate of drug-likeness (QED) is 0.453. The molecule has 1 amide bonds.